The van der Waals surface area contributed by atoms with E-state index in [1.807, 2.05) is 6.07 Å². The number of benzene rings is 2. The molecule has 9 heteroatoms. The van der Waals surface area contributed by atoms with Gasteiger partial charge in [-0.2, -0.15) is 5.26 Å². The summed E-state index contributed by atoms with van der Waals surface area (Å²) in [5.74, 6) is 0.208. The number of nitro benzene ring substituents is 1. The number of halogens is 2. The minimum atomic E-state index is -0.675. The van der Waals surface area contributed by atoms with Crippen molar-refractivity contribution < 1.29 is 14.1 Å². The molecule has 1 amide bonds. The van der Waals surface area contributed by atoms with Crippen molar-refractivity contribution in [3.8, 4) is 17.4 Å². The highest BCUT2D eigenvalue weighted by atomic mass is 79.9. The number of hydrogen-bond acceptors (Lipinski definition) is 5. The SMILES string of the molecule is N#CC(=Cc1ccc(-c2ccc(Cl)cc2)o1)C(=O)Nc1ccc([N+](=O)[O-])cc1Br. The van der Waals surface area contributed by atoms with Crippen molar-refractivity contribution in [3.05, 3.63) is 85.5 Å². The molecule has 0 unspecified atom stereocenters. The summed E-state index contributed by atoms with van der Waals surface area (Å²) < 4.78 is 5.99. The molecule has 29 heavy (non-hydrogen) atoms. The van der Waals surface area contributed by atoms with E-state index >= 15 is 0 Å². The van der Waals surface area contributed by atoms with Gasteiger partial charge in [0.25, 0.3) is 11.6 Å². The van der Waals surface area contributed by atoms with Gasteiger partial charge in [0, 0.05) is 33.3 Å². The molecule has 0 saturated carbocycles. The molecule has 0 spiro atoms. The molecule has 0 bridgehead atoms. The number of nitriles is 1. The lowest BCUT2D eigenvalue weighted by Crippen LogP contribution is -2.13. The van der Waals surface area contributed by atoms with Gasteiger partial charge in [-0.25, -0.2) is 0 Å². The average molecular weight is 473 g/mol. The van der Waals surface area contributed by atoms with Gasteiger partial charge >= 0.3 is 0 Å². The number of carbonyl (C=O) groups is 1. The molecule has 7 nitrogen and oxygen atoms in total. The van der Waals surface area contributed by atoms with Crippen molar-refractivity contribution in [2.45, 2.75) is 0 Å². The van der Waals surface area contributed by atoms with Crippen LogP contribution in [-0.4, -0.2) is 10.8 Å². The minimum Gasteiger partial charge on any atom is -0.457 e. The Hall–Kier alpha value is -3.41. The molecule has 1 N–H and O–H groups in total. The number of rotatable bonds is 5. The molecule has 0 atom stereocenters. The molecule has 0 aliphatic carbocycles. The van der Waals surface area contributed by atoms with Gasteiger partial charge in [0.15, 0.2) is 0 Å². The van der Waals surface area contributed by atoms with Gasteiger partial charge in [-0.05, 0) is 58.4 Å². The lowest BCUT2D eigenvalue weighted by molar-refractivity contribution is -0.384. The van der Waals surface area contributed by atoms with E-state index in [0.717, 1.165) is 5.56 Å². The summed E-state index contributed by atoms with van der Waals surface area (Å²) in [5.41, 5.74) is 0.776. The third-order valence-electron chi connectivity index (χ3n) is 3.82. The first kappa shape index (κ1) is 20.3. The molecule has 2 aromatic carbocycles. The monoisotopic (exact) mass is 471 g/mol. The van der Waals surface area contributed by atoms with Crippen LogP contribution in [0.25, 0.3) is 17.4 Å². The Bertz CT molecular complexity index is 1160. The van der Waals surface area contributed by atoms with E-state index in [-0.39, 0.29) is 11.3 Å². The van der Waals surface area contributed by atoms with Gasteiger partial charge in [-0.1, -0.05) is 11.6 Å². The van der Waals surface area contributed by atoms with E-state index in [2.05, 4.69) is 21.2 Å². The van der Waals surface area contributed by atoms with Gasteiger partial charge in [0.2, 0.25) is 0 Å². The summed E-state index contributed by atoms with van der Waals surface area (Å²) in [6.45, 7) is 0. The number of nitrogens with zero attached hydrogens (tertiary/aromatic N) is 2. The normalized spacial score (nSPS) is 11.0. The summed E-state index contributed by atoms with van der Waals surface area (Å²) in [6.07, 6.45) is 1.31. The molecule has 0 saturated heterocycles. The number of carbonyl (C=O) groups excluding carboxylic acids is 1. The lowest BCUT2D eigenvalue weighted by atomic mass is 10.2. The molecule has 3 rings (SSSR count). The van der Waals surface area contributed by atoms with Crippen molar-refractivity contribution in [3.63, 3.8) is 0 Å². The van der Waals surface area contributed by atoms with Crippen LogP contribution in [0.5, 0.6) is 0 Å². The van der Waals surface area contributed by atoms with Crippen LogP contribution in [-0.2, 0) is 4.79 Å². The fourth-order valence-corrected chi connectivity index (χ4v) is 2.99. The number of furan rings is 1. The van der Waals surface area contributed by atoms with Crippen molar-refractivity contribution in [1.29, 1.82) is 5.26 Å². The summed E-state index contributed by atoms with van der Waals surface area (Å²) >= 11 is 9.04. The Morgan fingerprint density at radius 3 is 2.55 bits per heavy atom. The lowest BCUT2D eigenvalue weighted by Gasteiger charge is -2.06. The van der Waals surface area contributed by atoms with Crippen molar-refractivity contribution in [2.24, 2.45) is 0 Å². The van der Waals surface area contributed by atoms with Crippen LogP contribution in [0.1, 0.15) is 5.76 Å². The zero-order chi connectivity index (χ0) is 21.0. The first-order valence-electron chi connectivity index (χ1n) is 8.10. The molecule has 0 fully saturated rings. The molecule has 1 heterocycles. The molecular weight excluding hydrogens is 462 g/mol. The quantitative estimate of drug-likeness (QED) is 0.218. The van der Waals surface area contributed by atoms with E-state index in [1.54, 1.807) is 36.4 Å². The Labute approximate surface area is 178 Å². The largest absolute Gasteiger partial charge is 0.457 e. The van der Waals surface area contributed by atoms with E-state index in [0.29, 0.717) is 26.7 Å². The van der Waals surface area contributed by atoms with E-state index in [4.69, 9.17) is 16.0 Å². The van der Waals surface area contributed by atoms with Gasteiger partial charge < -0.3 is 9.73 Å². The third-order valence-corrected chi connectivity index (χ3v) is 4.73. The van der Waals surface area contributed by atoms with Crippen LogP contribution >= 0.6 is 27.5 Å². The molecule has 144 valence electrons. The van der Waals surface area contributed by atoms with Crippen molar-refractivity contribution in [2.75, 3.05) is 5.32 Å². The molecular formula is C20H11BrClN3O4. The van der Waals surface area contributed by atoms with Crippen molar-refractivity contribution in [1.82, 2.24) is 0 Å². The van der Waals surface area contributed by atoms with E-state index < -0.39 is 10.8 Å². The number of anilines is 1. The van der Waals surface area contributed by atoms with E-state index in [1.165, 1.54) is 24.3 Å². The second-order valence-corrected chi connectivity index (χ2v) is 7.04. The summed E-state index contributed by atoms with van der Waals surface area (Å²) in [4.78, 5) is 22.7. The van der Waals surface area contributed by atoms with Crippen LogP contribution in [0, 0.1) is 21.4 Å². The topological polar surface area (TPSA) is 109 Å². The standard InChI is InChI=1S/C20H11BrClN3O4/c21-17-10-15(25(27)28)5-7-18(17)24-20(26)13(11-23)9-16-6-8-19(29-16)12-1-3-14(22)4-2-12/h1-10H,(H,24,26). The maximum absolute atomic E-state index is 12.4. The molecule has 3 aromatic rings. The van der Waals surface area contributed by atoms with Crippen LogP contribution < -0.4 is 5.32 Å². The number of non-ortho nitro benzene ring substituents is 1. The van der Waals surface area contributed by atoms with Gasteiger partial charge in [-0.15, -0.1) is 0 Å². The van der Waals surface area contributed by atoms with Gasteiger partial charge in [-0.3, -0.25) is 14.9 Å². The summed E-state index contributed by atoms with van der Waals surface area (Å²) in [6, 6.07) is 16.1. The highest BCUT2D eigenvalue weighted by molar-refractivity contribution is 9.10. The predicted molar refractivity (Wildman–Crippen MR) is 112 cm³/mol. The maximum atomic E-state index is 12.4. The Balaban J connectivity index is 1.80. The number of nitro groups is 1. The maximum Gasteiger partial charge on any atom is 0.270 e. The number of amides is 1. The highest BCUT2D eigenvalue weighted by Gasteiger charge is 2.15. The molecule has 0 radical (unpaired) electrons. The van der Waals surface area contributed by atoms with Crippen LogP contribution in [0.15, 0.2) is 69.1 Å². The average Bonchev–Trinajstić information content (AvgIpc) is 3.16. The fourth-order valence-electron chi connectivity index (χ4n) is 2.40. The molecule has 0 aliphatic heterocycles. The van der Waals surface area contributed by atoms with E-state index in [9.17, 15) is 20.2 Å². The zero-order valence-electron chi connectivity index (χ0n) is 14.6. The van der Waals surface area contributed by atoms with Crippen LogP contribution in [0.4, 0.5) is 11.4 Å². The zero-order valence-corrected chi connectivity index (χ0v) is 16.9. The summed E-state index contributed by atoms with van der Waals surface area (Å²) in [7, 11) is 0. The van der Waals surface area contributed by atoms with Crippen LogP contribution in [0.3, 0.4) is 0 Å². The highest BCUT2D eigenvalue weighted by Crippen LogP contribution is 2.28. The van der Waals surface area contributed by atoms with Crippen LogP contribution in [0.2, 0.25) is 5.02 Å². The second kappa shape index (κ2) is 8.73. The Kier molecular flexibility index (Phi) is 6.12. The second-order valence-electron chi connectivity index (χ2n) is 5.75. The molecule has 1 aromatic heterocycles. The first-order valence-corrected chi connectivity index (χ1v) is 9.27. The minimum absolute atomic E-state index is 0.128. The molecule has 0 aliphatic rings. The third kappa shape index (κ3) is 4.90. The predicted octanol–water partition coefficient (Wildman–Crippen LogP) is 5.82. The Morgan fingerprint density at radius 1 is 1.21 bits per heavy atom. The van der Waals surface area contributed by atoms with Crippen molar-refractivity contribution >= 4 is 50.9 Å². The fraction of sp³-hybridized carbons (Fsp3) is 0. The van der Waals surface area contributed by atoms with Gasteiger partial charge in [0.05, 0.1) is 10.6 Å². The smallest absolute Gasteiger partial charge is 0.270 e. The number of hydrogen-bond donors (Lipinski definition) is 1. The first-order chi connectivity index (χ1) is 13.9. The van der Waals surface area contributed by atoms with Gasteiger partial charge in [0.1, 0.15) is 23.2 Å². The Morgan fingerprint density at radius 2 is 1.93 bits per heavy atom. The number of nitrogens with one attached hydrogen (secondary N) is 1. The summed E-state index contributed by atoms with van der Waals surface area (Å²) in [5, 5.41) is 23.3.